The van der Waals surface area contributed by atoms with E-state index in [0.717, 1.165) is 0 Å². The predicted molar refractivity (Wildman–Crippen MR) is 35.6 cm³/mol. The van der Waals surface area contributed by atoms with Crippen molar-refractivity contribution in [1.29, 1.82) is 0 Å². The number of hydrogen-bond donors (Lipinski definition) is 1. The lowest BCUT2D eigenvalue weighted by atomic mass is 10.8. The molecule has 0 aliphatic carbocycles. The van der Waals surface area contributed by atoms with Crippen molar-refractivity contribution in [3.05, 3.63) is 0 Å². The smallest absolute Gasteiger partial charge is 0.226 e. The largest absolute Gasteiger partial charge is 0.228 e. The van der Waals surface area contributed by atoms with E-state index in [1.54, 1.807) is 0 Å². The SMILES string of the molecule is O=S1(=O)CCNS(=O)(=O)C1. The highest BCUT2D eigenvalue weighted by atomic mass is 32.3. The molecule has 7 heteroatoms. The topological polar surface area (TPSA) is 80.3 Å². The van der Waals surface area contributed by atoms with Crippen LogP contribution in [0.2, 0.25) is 0 Å². The first-order valence-electron chi connectivity index (χ1n) is 2.59. The van der Waals surface area contributed by atoms with Crippen molar-refractivity contribution in [2.24, 2.45) is 0 Å². The summed E-state index contributed by atoms with van der Waals surface area (Å²) in [5.74, 6) is -0.0910. The molecule has 0 saturated carbocycles. The highest BCUT2D eigenvalue weighted by Gasteiger charge is 2.26. The lowest BCUT2D eigenvalue weighted by molar-refractivity contribution is 0.572. The van der Waals surface area contributed by atoms with Gasteiger partial charge >= 0.3 is 0 Å². The predicted octanol–water partition coefficient (Wildman–Crippen LogP) is -1.71. The number of nitrogens with one attached hydrogen (secondary N) is 1. The quantitative estimate of drug-likeness (QED) is 0.487. The van der Waals surface area contributed by atoms with Crippen LogP contribution in [0.1, 0.15) is 0 Å². The molecule has 1 saturated heterocycles. The molecular weight excluding hydrogens is 178 g/mol. The zero-order valence-electron chi connectivity index (χ0n) is 5.07. The lowest BCUT2D eigenvalue weighted by Gasteiger charge is -2.12. The van der Waals surface area contributed by atoms with Crippen LogP contribution in [0.3, 0.4) is 0 Å². The van der Waals surface area contributed by atoms with Crippen molar-refractivity contribution in [2.75, 3.05) is 17.4 Å². The van der Waals surface area contributed by atoms with Gasteiger partial charge in [-0.3, -0.25) is 0 Å². The molecule has 0 unspecified atom stereocenters. The van der Waals surface area contributed by atoms with E-state index < -0.39 is 24.9 Å². The Morgan fingerprint density at radius 2 is 1.70 bits per heavy atom. The van der Waals surface area contributed by atoms with Crippen LogP contribution in [-0.4, -0.2) is 34.2 Å². The summed E-state index contributed by atoms with van der Waals surface area (Å²) in [4.78, 5) is 0. The van der Waals surface area contributed by atoms with Gasteiger partial charge in [0.2, 0.25) is 10.0 Å². The summed E-state index contributed by atoms with van der Waals surface area (Å²) in [6.07, 6.45) is 0. The Hall–Kier alpha value is -0.140. The third kappa shape index (κ3) is 1.93. The zero-order chi connectivity index (χ0) is 7.83. The van der Waals surface area contributed by atoms with E-state index in [2.05, 4.69) is 4.72 Å². The van der Waals surface area contributed by atoms with Gasteiger partial charge in [0, 0.05) is 6.54 Å². The molecule has 1 fully saturated rings. The Morgan fingerprint density at radius 3 is 2.00 bits per heavy atom. The fourth-order valence-corrected chi connectivity index (χ4v) is 4.34. The summed E-state index contributed by atoms with van der Waals surface area (Å²) in [7, 11) is -6.87. The average Bonchev–Trinajstić information content (AvgIpc) is 1.56. The Balaban J connectivity index is 2.97. The minimum Gasteiger partial charge on any atom is -0.228 e. The molecule has 1 heterocycles. The summed E-state index contributed by atoms with van der Waals surface area (Å²) in [5, 5.41) is -0.764. The van der Waals surface area contributed by atoms with E-state index >= 15 is 0 Å². The summed E-state index contributed by atoms with van der Waals surface area (Å²) < 4.78 is 44.6. The van der Waals surface area contributed by atoms with Crippen molar-refractivity contribution in [3.63, 3.8) is 0 Å². The molecule has 0 spiro atoms. The number of rotatable bonds is 0. The van der Waals surface area contributed by atoms with Crippen LogP contribution in [0.5, 0.6) is 0 Å². The Kier molecular flexibility index (Phi) is 1.73. The Bertz CT molecular complexity index is 280. The van der Waals surface area contributed by atoms with E-state index in [4.69, 9.17) is 0 Å². The van der Waals surface area contributed by atoms with E-state index in [1.165, 1.54) is 0 Å². The molecule has 10 heavy (non-hydrogen) atoms. The first kappa shape index (κ1) is 7.96. The molecule has 0 bridgehead atoms. The molecule has 1 aliphatic heterocycles. The monoisotopic (exact) mass is 185 g/mol. The second-order valence-electron chi connectivity index (χ2n) is 2.07. The van der Waals surface area contributed by atoms with Crippen molar-refractivity contribution in [1.82, 2.24) is 4.72 Å². The normalized spacial score (nSPS) is 29.6. The molecular formula is C3H7NO4S2. The zero-order valence-corrected chi connectivity index (χ0v) is 6.70. The molecule has 60 valence electrons. The number of sulfone groups is 1. The van der Waals surface area contributed by atoms with Crippen LogP contribution < -0.4 is 4.72 Å². The van der Waals surface area contributed by atoms with Crippen molar-refractivity contribution in [3.8, 4) is 0 Å². The van der Waals surface area contributed by atoms with Gasteiger partial charge in [-0.05, 0) is 0 Å². The van der Waals surface area contributed by atoms with Crippen LogP contribution in [0.25, 0.3) is 0 Å². The average molecular weight is 185 g/mol. The first-order valence-corrected chi connectivity index (χ1v) is 6.06. The molecule has 1 N–H and O–H groups in total. The molecule has 0 aromatic rings. The van der Waals surface area contributed by atoms with Gasteiger partial charge in [-0.15, -0.1) is 0 Å². The maximum absolute atomic E-state index is 10.6. The van der Waals surface area contributed by atoms with Crippen molar-refractivity contribution >= 4 is 19.9 Å². The molecule has 0 aromatic carbocycles. The minimum absolute atomic E-state index is 0.00463. The maximum Gasteiger partial charge on any atom is 0.226 e. The van der Waals surface area contributed by atoms with Crippen LogP contribution >= 0.6 is 0 Å². The van der Waals surface area contributed by atoms with Gasteiger partial charge in [0.25, 0.3) is 0 Å². The van der Waals surface area contributed by atoms with E-state index in [9.17, 15) is 16.8 Å². The highest BCUT2D eigenvalue weighted by molar-refractivity contribution is 8.07. The molecule has 5 nitrogen and oxygen atoms in total. The van der Waals surface area contributed by atoms with Crippen LogP contribution in [0.4, 0.5) is 0 Å². The van der Waals surface area contributed by atoms with Gasteiger partial charge in [-0.25, -0.2) is 21.6 Å². The lowest BCUT2D eigenvalue weighted by Crippen LogP contribution is -2.40. The van der Waals surface area contributed by atoms with Crippen molar-refractivity contribution in [2.45, 2.75) is 0 Å². The standard InChI is InChI=1S/C3H7NO4S2/c5-9(6)2-1-4-10(7,8)3-9/h4H,1-3H2. The molecule has 0 radical (unpaired) electrons. The van der Waals surface area contributed by atoms with Crippen LogP contribution in [-0.2, 0) is 19.9 Å². The highest BCUT2D eigenvalue weighted by Crippen LogP contribution is 2.00. The Morgan fingerprint density at radius 1 is 1.10 bits per heavy atom. The van der Waals surface area contributed by atoms with Gasteiger partial charge < -0.3 is 0 Å². The molecule has 1 aliphatic rings. The van der Waals surface area contributed by atoms with Gasteiger partial charge in [0.05, 0.1) is 5.75 Å². The molecule has 1 rings (SSSR count). The fourth-order valence-electron chi connectivity index (χ4n) is 0.690. The second-order valence-corrected chi connectivity index (χ2v) is 6.43. The summed E-state index contributed by atoms with van der Waals surface area (Å²) in [6.45, 7) is 0.00463. The van der Waals surface area contributed by atoms with E-state index in [1.807, 2.05) is 0 Å². The van der Waals surface area contributed by atoms with Gasteiger partial charge in [0.15, 0.2) is 14.9 Å². The van der Waals surface area contributed by atoms with Gasteiger partial charge in [-0.2, -0.15) is 0 Å². The molecule has 0 aromatic heterocycles. The maximum atomic E-state index is 10.6. The minimum atomic E-state index is -3.53. The van der Waals surface area contributed by atoms with Crippen molar-refractivity contribution < 1.29 is 16.8 Å². The summed E-state index contributed by atoms with van der Waals surface area (Å²) in [5.41, 5.74) is 0. The van der Waals surface area contributed by atoms with Crippen LogP contribution in [0, 0.1) is 0 Å². The third-order valence-corrected chi connectivity index (χ3v) is 5.22. The first-order chi connectivity index (χ1) is 4.41. The van der Waals surface area contributed by atoms with E-state index in [-0.39, 0.29) is 12.3 Å². The van der Waals surface area contributed by atoms with E-state index in [0.29, 0.717) is 0 Å². The summed E-state index contributed by atoms with van der Waals surface area (Å²) in [6, 6.07) is 0. The molecule has 0 atom stereocenters. The Labute approximate surface area is 59.4 Å². The third-order valence-electron chi connectivity index (χ3n) is 1.07. The fraction of sp³-hybridized carbons (Fsp3) is 1.00. The van der Waals surface area contributed by atoms with Gasteiger partial charge in [-0.1, -0.05) is 0 Å². The number of hydrogen-bond acceptors (Lipinski definition) is 4. The summed E-state index contributed by atoms with van der Waals surface area (Å²) >= 11 is 0. The van der Waals surface area contributed by atoms with Gasteiger partial charge in [0.1, 0.15) is 0 Å². The van der Waals surface area contributed by atoms with Crippen LogP contribution in [0.15, 0.2) is 0 Å². The second kappa shape index (κ2) is 2.18. The number of sulfonamides is 1. The molecule has 0 amide bonds.